The second-order valence-corrected chi connectivity index (χ2v) is 4.42. The Morgan fingerprint density at radius 3 is 2.58 bits per heavy atom. The Morgan fingerprint density at radius 1 is 1.42 bits per heavy atom. The van der Waals surface area contributed by atoms with E-state index in [1.807, 2.05) is 11.8 Å². The Balaban J connectivity index is 3.05. The molecule has 0 radical (unpaired) electrons. The number of benzene rings is 1. The molecular formula is C14H19N3O2. The molecule has 0 heterocycles. The van der Waals surface area contributed by atoms with Crippen molar-refractivity contribution in [1.29, 1.82) is 5.26 Å². The van der Waals surface area contributed by atoms with Crippen LogP contribution in [0.1, 0.15) is 18.1 Å². The van der Waals surface area contributed by atoms with Crippen molar-refractivity contribution in [2.24, 2.45) is 0 Å². The molecule has 1 amide bonds. The van der Waals surface area contributed by atoms with Crippen LogP contribution in [0.5, 0.6) is 0 Å². The molecule has 0 spiro atoms. The van der Waals surface area contributed by atoms with Gasteiger partial charge in [-0.1, -0.05) is 6.07 Å². The van der Waals surface area contributed by atoms with E-state index in [9.17, 15) is 10.1 Å². The predicted molar refractivity (Wildman–Crippen MR) is 73.7 cm³/mol. The SMILES string of the molecule is CCN(CC(=O)N(C)C)c1ccc(CO)cc1C#N. The van der Waals surface area contributed by atoms with Crippen LogP contribution < -0.4 is 4.90 Å². The standard InChI is InChI=1S/C14H19N3O2/c1-4-17(9-14(19)16(2)3)13-6-5-11(10-18)7-12(13)8-15/h5-7,18H,4,9-10H2,1-3H3. The van der Waals surface area contributed by atoms with Crippen LogP contribution >= 0.6 is 0 Å². The molecule has 102 valence electrons. The van der Waals surface area contributed by atoms with E-state index in [2.05, 4.69) is 6.07 Å². The molecule has 1 rings (SSSR count). The van der Waals surface area contributed by atoms with Gasteiger partial charge in [-0.3, -0.25) is 4.79 Å². The van der Waals surface area contributed by atoms with Crippen LogP contribution in [-0.2, 0) is 11.4 Å². The molecule has 5 heteroatoms. The van der Waals surface area contributed by atoms with Crippen molar-refractivity contribution in [2.75, 3.05) is 32.1 Å². The maximum atomic E-state index is 11.8. The van der Waals surface area contributed by atoms with Crippen LogP contribution in [0, 0.1) is 11.3 Å². The molecule has 1 N–H and O–H groups in total. The quantitative estimate of drug-likeness (QED) is 0.857. The average molecular weight is 261 g/mol. The van der Waals surface area contributed by atoms with Crippen molar-refractivity contribution in [3.8, 4) is 6.07 Å². The first kappa shape index (κ1) is 15.0. The van der Waals surface area contributed by atoms with E-state index in [0.717, 1.165) is 5.69 Å². The average Bonchev–Trinajstić information content (AvgIpc) is 2.43. The summed E-state index contributed by atoms with van der Waals surface area (Å²) >= 11 is 0. The first-order valence-corrected chi connectivity index (χ1v) is 6.12. The highest BCUT2D eigenvalue weighted by Gasteiger charge is 2.15. The fourth-order valence-corrected chi connectivity index (χ4v) is 1.72. The molecule has 1 aromatic rings. The highest BCUT2D eigenvalue weighted by Crippen LogP contribution is 2.21. The number of amides is 1. The molecule has 0 fully saturated rings. The van der Waals surface area contributed by atoms with Gasteiger partial charge < -0.3 is 14.9 Å². The molecular weight excluding hydrogens is 242 g/mol. The predicted octanol–water partition coefficient (Wildman–Crippen LogP) is 0.965. The minimum atomic E-state index is -0.0995. The number of aliphatic hydroxyl groups is 1. The minimum Gasteiger partial charge on any atom is -0.392 e. The third-order valence-corrected chi connectivity index (χ3v) is 2.91. The molecule has 0 saturated carbocycles. The van der Waals surface area contributed by atoms with Gasteiger partial charge in [0.1, 0.15) is 6.07 Å². The third-order valence-electron chi connectivity index (χ3n) is 2.91. The zero-order chi connectivity index (χ0) is 14.4. The number of nitrogens with zero attached hydrogens (tertiary/aromatic N) is 3. The van der Waals surface area contributed by atoms with Gasteiger partial charge in [0.15, 0.2) is 0 Å². The van der Waals surface area contributed by atoms with Crippen LogP contribution in [-0.4, -0.2) is 43.1 Å². The Labute approximate surface area is 113 Å². The summed E-state index contributed by atoms with van der Waals surface area (Å²) in [4.78, 5) is 15.1. The molecule has 0 unspecified atom stereocenters. The molecule has 0 atom stereocenters. The van der Waals surface area contributed by atoms with E-state index >= 15 is 0 Å². The molecule has 0 bridgehead atoms. The van der Waals surface area contributed by atoms with Crippen LogP contribution in [0.15, 0.2) is 18.2 Å². The molecule has 5 nitrogen and oxygen atoms in total. The van der Waals surface area contributed by atoms with E-state index in [1.54, 1.807) is 32.3 Å². The minimum absolute atomic E-state index is 0.0167. The summed E-state index contributed by atoms with van der Waals surface area (Å²) < 4.78 is 0. The third kappa shape index (κ3) is 3.70. The Morgan fingerprint density at radius 2 is 2.11 bits per heavy atom. The van der Waals surface area contributed by atoms with Gasteiger partial charge in [-0.2, -0.15) is 5.26 Å². The van der Waals surface area contributed by atoms with Crippen molar-refractivity contribution >= 4 is 11.6 Å². The fourth-order valence-electron chi connectivity index (χ4n) is 1.72. The normalized spacial score (nSPS) is 9.84. The summed E-state index contributed by atoms with van der Waals surface area (Å²) in [6, 6.07) is 7.30. The maximum absolute atomic E-state index is 11.8. The second kappa shape index (κ2) is 6.76. The lowest BCUT2D eigenvalue weighted by molar-refractivity contribution is -0.127. The van der Waals surface area contributed by atoms with Crippen molar-refractivity contribution in [1.82, 2.24) is 4.90 Å². The maximum Gasteiger partial charge on any atom is 0.241 e. The lowest BCUT2D eigenvalue weighted by atomic mass is 10.1. The van der Waals surface area contributed by atoms with Gasteiger partial charge >= 0.3 is 0 Å². The van der Waals surface area contributed by atoms with Crippen LogP contribution in [0.4, 0.5) is 5.69 Å². The first-order valence-electron chi connectivity index (χ1n) is 6.12. The largest absolute Gasteiger partial charge is 0.392 e. The van der Waals surface area contributed by atoms with Gasteiger partial charge in [-0.05, 0) is 24.6 Å². The highest BCUT2D eigenvalue weighted by atomic mass is 16.3. The van der Waals surface area contributed by atoms with Crippen LogP contribution in [0.3, 0.4) is 0 Å². The number of carbonyl (C=O) groups excluding carboxylic acids is 1. The molecule has 0 saturated heterocycles. The van der Waals surface area contributed by atoms with Gasteiger partial charge in [0.25, 0.3) is 0 Å². The summed E-state index contributed by atoms with van der Waals surface area (Å²) in [5.41, 5.74) is 1.88. The lowest BCUT2D eigenvalue weighted by Gasteiger charge is -2.25. The van der Waals surface area contributed by atoms with Crippen molar-refractivity contribution in [3.05, 3.63) is 29.3 Å². The number of nitriles is 1. The number of aliphatic hydroxyl groups excluding tert-OH is 1. The van der Waals surface area contributed by atoms with Crippen molar-refractivity contribution in [3.63, 3.8) is 0 Å². The topological polar surface area (TPSA) is 67.6 Å². The number of carbonyl (C=O) groups is 1. The van der Waals surface area contributed by atoms with E-state index < -0.39 is 0 Å². The van der Waals surface area contributed by atoms with Crippen LogP contribution in [0.2, 0.25) is 0 Å². The van der Waals surface area contributed by atoms with Crippen molar-refractivity contribution < 1.29 is 9.90 Å². The summed E-state index contributed by atoms with van der Waals surface area (Å²) in [6.45, 7) is 2.70. The van der Waals surface area contributed by atoms with Gasteiger partial charge in [-0.15, -0.1) is 0 Å². The Hall–Kier alpha value is -2.06. The molecule has 0 aromatic heterocycles. The molecule has 19 heavy (non-hydrogen) atoms. The van der Waals surface area contributed by atoms with E-state index in [4.69, 9.17) is 5.11 Å². The number of likely N-dealkylation sites (N-methyl/N-ethyl adjacent to an activating group) is 2. The van der Waals surface area contributed by atoms with Gasteiger partial charge in [-0.25, -0.2) is 0 Å². The number of rotatable bonds is 5. The highest BCUT2D eigenvalue weighted by molar-refractivity contribution is 5.81. The number of anilines is 1. The summed E-state index contributed by atoms with van der Waals surface area (Å²) in [5, 5.41) is 18.3. The zero-order valence-electron chi connectivity index (χ0n) is 11.6. The molecule has 0 aliphatic rings. The van der Waals surface area contributed by atoms with Gasteiger partial charge in [0.2, 0.25) is 5.91 Å². The van der Waals surface area contributed by atoms with Gasteiger partial charge in [0, 0.05) is 20.6 Å². The van der Waals surface area contributed by atoms with Gasteiger partial charge in [0.05, 0.1) is 24.4 Å². The van der Waals surface area contributed by atoms with E-state index in [0.29, 0.717) is 17.7 Å². The van der Waals surface area contributed by atoms with E-state index in [-0.39, 0.29) is 19.1 Å². The smallest absolute Gasteiger partial charge is 0.241 e. The van der Waals surface area contributed by atoms with Crippen LogP contribution in [0.25, 0.3) is 0 Å². The second-order valence-electron chi connectivity index (χ2n) is 4.42. The first-order chi connectivity index (χ1) is 9.03. The number of hydrogen-bond acceptors (Lipinski definition) is 4. The summed E-state index contributed by atoms with van der Waals surface area (Å²) in [5.74, 6) is -0.0167. The molecule has 0 aliphatic heterocycles. The van der Waals surface area contributed by atoms with Crippen molar-refractivity contribution in [2.45, 2.75) is 13.5 Å². The summed E-state index contributed by atoms with van der Waals surface area (Å²) in [6.07, 6.45) is 0. The Kier molecular flexibility index (Phi) is 5.34. The zero-order valence-corrected chi connectivity index (χ0v) is 11.6. The fraction of sp³-hybridized carbons (Fsp3) is 0.429. The Bertz CT molecular complexity index is 492. The number of hydrogen-bond donors (Lipinski definition) is 1. The lowest BCUT2D eigenvalue weighted by Crippen LogP contribution is -2.36. The summed E-state index contributed by atoms with van der Waals surface area (Å²) in [7, 11) is 3.41. The van der Waals surface area contributed by atoms with E-state index in [1.165, 1.54) is 4.90 Å². The molecule has 1 aromatic carbocycles. The monoisotopic (exact) mass is 261 g/mol. The molecule has 0 aliphatic carbocycles.